The fourth-order valence-electron chi connectivity index (χ4n) is 1.90. The first-order valence-corrected chi connectivity index (χ1v) is 7.12. The number of hydrogen-bond donors (Lipinski definition) is 2. The van der Waals surface area contributed by atoms with E-state index in [1.165, 1.54) is 0 Å². The third-order valence-corrected chi connectivity index (χ3v) is 3.83. The minimum atomic E-state index is 0.591. The molecule has 0 amide bonds. The molecule has 0 aliphatic heterocycles. The molecule has 7 nitrogen and oxygen atoms in total. The zero-order valence-corrected chi connectivity index (χ0v) is 12.3. The second-order valence-electron chi connectivity index (χ2n) is 4.33. The van der Waals surface area contributed by atoms with Gasteiger partial charge in [-0.2, -0.15) is 10.1 Å². The SMILES string of the molecule is CCNc1nc(Sc2cc(C)nn2C)c2[nH]cnc2n1. The highest BCUT2D eigenvalue weighted by Gasteiger charge is 2.13. The molecule has 2 N–H and O–H groups in total. The zero-order chi connectivity index (χ0) is 14.1. The summed E-state index contributed by atoms with van der Waals surface area (Å²) in [5.74, 6) is 0.591. The van der Waals surface area contributed by atoms with E-state index in [9.17, 15) is 0 Å². The molecule has 8 heteroatoms. The predicted octanol–water partition coefficient (Wildman–Crippen LogP) is 1.98. The van der Waals surface area contributed by atoms with Crippen LogP contribution in [0.2, 0.25) is 0 Å². The van der Waals surface area contributed by atoms with Crippen LogP contribution in [0, 0.1) is 6.92 Å². The van der Waals surface area contributed by atoms with Gasteiger partial charge in [-0.1, -0.05) is 0 Å². The highest BCUT2D eigenvalue weighted by molar-refractivity contribution is 7.99. The number of aromatic nitrogens is 6. The first kappa shape index (κ1) is 12.9. The molecule has 3 rings (SSSR count). The van der Waals surface area contributed by atoms with Gasteiger partial charge in [0.05, 0.1) is 12.0 Å². The number of nitrogens with zero attached hydrogens (tertiary/aromatic N) is 5. The van der Waals surface area contributed by atoms with Gasteiger partial charge in [0.2, 0.25) is 5.95 Å². The lowest BCUT2D eigenvalue weighted by Crippen LogP contribution is -2.03. The van der Waals surface area contributed by atoms with Crippen molar-refractivity contribution in [2.24, 2.45) is 7.05 Å². The predicted molar refractivity (Wildman–Crippen MR) is 77.9 cm³/mol. The number of hydrogen-bond acceptors (Lipinski definition) is 6. The Labute approximate surface area is 120 Å². The molecule has 0 radical (unpaired) electrons. The molecule has 20 heavy (non-hydrogen) atoms. The van der Waals surface area contributed by atoms with E-state index in [1.807, 2.05) is 31.6 Å². The summed E-state index contributed by atoms with van der Waals surface area (Å²) in [4.78, 5) is 16.2. The van der Waals surface area contributed by atoms with Gasteiger partial charge in [-0.15, -0.1) is 0 Å². The van der Waals surface area contributed by atoms with Crippen LogP contribution in [0.25, 0.3) is 11.2 Å². The Bertz CT molecular complexity index is 745. The Kier molecular flexibility index (Phi) is 3.31. The van der Waals surface area contributed by atoms with Crippen LogP contribution in [0.15, 0.2) is 22.4 Å². The smallest absolute Gasteiger partial charge is 0.225 e. The molecular formula is C12H15N7S. The Hall–Kier alpha value is -2.09. The summed E-state index contributed by atoms with van der Waals surface area (Å²) in [6.45, 7) is 4.75. The van der Waals surface area contributed by atoms with Gasteiger partial charge in [0.15, 0.2) is 5.65 Å². The van der Waals surface area contributed by atoms with Crippen molar-refractivity contribution < 1.29 is 0 Å². The van der Waals surface area contributed by atoms with Gasteiger partial charge >= 0.3 is 0 Å². The van der Waals surface area contributed by atoms with Crippen molar-refractivity contribution in [3.63, 3.8) is 0 Å². The maximum absolute atomic E-state index is 4.54. The molecule has 0 spiro atoms. The Morgan fingerprint density at radius 2 is 2.25 bits per heavy atom. The topological polar surface area (TPSA) is 84.3 Å². The molecule has 0 fully saturated rings. The van der Waals surface area contributed by atoms with E-state index in [0.29, 0.717) is 11.6 Å². The molecule has 0 saturated carbocycles. The molecule has 0 aliphatic rings. The van der Waals surface area contributed by atoms with Gasteiger partial charge in [-0.05, 0) is 31.7 Å². The van der Waals surface area contributed by atoms with Gasteiger partial charge in [0, 0.05) is 13.6 Å². The zero-order valence-electron chi connectivity index (χ0n) is 11.5. The first-order chi connectivity index (χ1) is 9.67. The molecule has 0 aromatic carbocycles. The van der Waals surface area contributed by atoms with E-state index >= 15 is 0 Å². The molecular weight excluding hydrogens is 274 g/mol. The van der Waals surface area contributed by atoms with Crippen LogP contribution in [0.5, 0.6) is 0 Å². The van der Waals surface area contributed by atoms with Crippen LogP contribution in [0.4, 0.5) is 5.95 Å². The van der Waals surface area contributed by atoms with Crippen LogP contribution in [-0.4, -0.2) is 36.3 Å². The highest BCUT2D eigenvalue weighted by Crippen LogP contribution is 2.31. The number of imidazole rings is 1. The van der Waals surface area contributed by atoms with E-state index < -0.39 is 0 Å². The maximum atomic E-state index is 4.54. The summed E-state index contributed by atoms with van der Waals surface area (Å²) < 4.78 is 1.84. The number of aryl methyl sites for hydroxylation is 2. The van der Waals surface area contributed by atoms with Crippen LogP contribution in [-0.2, 0) is 7.05 Å². The maximum Gasteiger partial charge on any atom is 0.225 e. The summed E-state index contributed by atoms with van der Waals surface area (Å²) in [7, 11) is 1.92. The largest absolute Gasteiger partial charge is 0.354 e. The number of anilines is 1. The number of rotatable bonds is 4. The van der Waals surface area contributed by atoms with Crippen molar-refractivity contribution in [3.8, 4) is 0 Å². The lowest BCUT2D eigenvalue weighted by molar-refractivity contribution is 0.692. The number of aromatic amines is 1. The molecule has 0 aliphatic carbocycles. The molecule has 3 aromatic rings. The second kappa shape index (κ2) is 5.12. The molecule has 3 heterocycles. The number of nitrogens with one attached hydrogen (secondary N) is 2. The molecule has 3 aromatic heterocycles. The Balaban J connectivity index is 2.05. The van der Waals surface area contributed by atoms with Crippen molar-refractivity contribution in [2.75, 3.05) is 11.9 Å². The van der Waals surface area contributed by atoms with Gasteiger partial charge < -0.3 is 10.3 Å². The van der Waals surface area contributed by atoms with Crippen molar-refractivity contribution in [2.45, 2.75) is 23.9 Å². The first-order valence-electron chi connectivity index (χ1n) is 6.31. The molecule has 0 unspecified atom stereocenters. The third-order valence-electron chi connectivity index (χ3n) is 2.75. The van der Waals surface area contributed by atoms with Crippen molar-refractivity contribution in [1.82, 2.24) is 29.7 Å². The van der Waals surface area contributed by atoms with Crippen LogP contribution in [0.3, 0.4) is 0 Å². The quantitative estimate of drug-likeness (QED) is 0.714. The monoisotopic (exact) mass is 289 g/mol. The molecule has 104 valence electrons. The number of H-pyrrole nitrogens is 1. The van der Waals surface area contributed by atoms with Gasteiger partial charge in [0.1, 0.15) is 15.6 Å². The van der Waals surface area contributed by atoms with Crippen molar-refractivity contribution in [3.05, 3.63) is 18.1 Å². The summed E-state index contributed by atoms with van der Waals surface area (Å²) in [5.41, 5.74) is 2.49. The van der Waals surface area contributed by atoms with Gasteiger partial charge in [-0.25, -0.2) is 9.97 Å². The highest BCUT2D eigenvalue weighted by atomic mass is 32.2. The number of fused-ring (bicyclic) bond motifs is 1. The summed E-state index contributed by atoms with van der Waals surface area (Å²) in [5, 5.41) is 9.33. The van der Waals surface area contributed by atoms with E-state index in [-0.39, 0.29) is 0 Å². The Morgan fingerprint density at radius 1 is 1.40 bits per heavy atom. The van der Waals surface area contributed by atoms with Crippen LogP contribution in [0.1, 0.15) is 12.6 Å². The molecule has 0 saturated heterocycles. The average Bonchev–Trinajstić information content (AvgIpc) is 2.97. The second-order valence-corrected chi connectivity index (χ2v) is 5.34. The van der Waals surface area contributed by atoms with E-state index in [2.05, 4.69) is 30.4 Å². The molecule has 0 bridgehead atoms. The van der Waals surface area contributed by atoms with Gasteiger partial charge in [-0.3, -0.25) is 4.68 Å². The van der Waals surface area contributed by atoms with Crippen LogP contribution >= 0.6 is 11.8 Å². The summed E-state index contributed by atoms with van der Waals surface area (Å²) >= 11 is 1.55. The van der Waals surface area contributed by atoms with E-state index in [1.54, 1.807) is 18.1 Å². The van der Waals surface area contributed by atoms with Crippen molar-refractivity contribution in [1.29, 1.82) is 0 Å². The third kappa shape index (κ3) is 2.34. The lowest BCUT2D eigenvalue weighted by atomic mass is 10.5. The minimum Gasteiger partial charge on any atom is -0.354 e. The minimum absolute atomic E-state index is 0.591. The Morgan fingerprint density at radius 3 is 2.95 bits per heavy atom. The fraction of sp³-hybridized carbons (Fsp3) is 0.333. The van der Waals surface area contributed by atoms with Crippen molar-refractivity contribution >= 4 is 28.9 Å². The summed E-state index contributed by atoms with van der Waals surface area (Å²) in [6, 6.07) is 2.03. The molecule has 0 atom stereocenters. The van der Waals surface area contributed by atoms with E-state index in [4.69, 9.17) is 0 Å². The van der Waals surface area contributed by atoms with Gasteiger partial charge in [0.25, 0.3) is 0 Å². The lowest BCUT2D eigenvalue weighted by Gasteiger charge is -2.05. The average molecular weight is 289 g/mol. The van der Waals surface area contributed by atoms with Crippen LogP contribution < -0.4 is 5.32 Å². The standard InChI is InChI=1S/C12H15N7S/c1-4-13-12-16-10-9(14-6-15-10)11(17-12)20-8-5-7(2)18-19(8)3/h5-6H,4H2,1-3H3,(H2,13,14,15,16,17). The normalized spacial score (nSPS) is 11.2. The van der Waals surface area contributed by atoms with E-state index in [0.717, 1.165) is 27.8 Å². The summed E-state index contributed by atoms with van der Waals surface area (Å²) in [6.07, 6.45) is 1.63. The fourth-order valence-corrected chi connectivity index (χ4v) is 2.88.